The monoisotopic (exact) mass is 688 g/mol. The molecule has 0 aliphatic carbocycles. The average molecular weight is 689 g/mol. The maximum absolute atomic E-state index is 13.9. The number of thioether (sulfide) groups is 1. The van der Waals surface area contributed by atoms with Crippen LogP contribution in [0, 0.1) is 17.5 Å². The van der Waals surface area contributed by atoms with Crippen LogP contribution in [0.5, 0.6) is 0 Å². The summed E-state index contributed by atoms with van der Waals surface area (Å²) in [6, 6.07) is -1.03. The molecule has 16 nitrogen and oxygen atoms in total. The van der Waals surface area contributed by atoms with Gasteiger partial charge in [0.2, 0.25) is 0 Å². The molecular formula is C27H35F3N8O8S. The summed E-state index contributed by atoms with van der Waals surface area (Å²) in [6.07, 6.45) is -5.72. The van der Waals surface area contributed by atoms with Crippen LogP contribution >= 0.6 is 11.8 Å². The van der Waals surface area contributed by atoms with Crippen molar-refractivity contribution in [1.82, 2.24) is 34.9 Å². The molecule has 3 saturated heterocycles. The number of halogens is 3. The largest absolute Gasteiger partial charge is 0.394 e. The van der Waals surface area contributed by atoms with E-state index in [1.54, 1.807) is 6.20 Å². The van der Waals surface area contributed by atoms with Crippen LogP contribution in [0.1, 0.15) is 12.1 Å². The van der Waals surface area contributed by atoms with Gasteiger partial charge in [0, 0.05) is 31.7 Å². The minimum absolute atomic E-state index is 0.101. The number of hydrogen-bond donors (Lipinski definition) is 6. The van der Waals surface area contributed by atoms with Crippen LogP contribution in [0.4, 0.5) is 19.0 Å². The molecule has 3 aromatic rings. The molecule has 0 spiro atoms. The van der Waals surface area contributed by atoms with Gasteiger partial charge in [-0.25, -0.2) is 22.5 Å². The van der Waals surface area contributed by atoms with Gasteiger partial charge in [-0.3, -0.25) is 0 Å². The minimum Gasteiger partial charge on any atom is -0.394 e. The van der Waals surface area contributed by atoms with E-state index in [9.17, 15) is 43.8 Å². The van der Waals surface area contributed by atoms with Gasteiger partial charge in [-0.2, -0.15) is 0 Å². The fourth-order valence-electron chi connectivity index (χ4n) is 5.97. The third kappa shape index (κ3) is 6.58. The fraction of sp³-hybridized carbons (Fsp3) is 0.630. The number of aliphatic hydroxyl groups is 6. The molecule has 5 heterocycles. The Labute approximate surface area is 269 Å². The predicted octanol–water partition coefficient (Wildman–Crippen LogP) is -1.90. The van der Waals surface area contributed by atoms with Crippen molar-refractivity contribution in [3.8, 4) is 11.3 Å². The number of rotatable bonds is 8. The highest BCUT2D eigenvalue weighted by Gasteiger charge is 2.51. The van der Waals surface area contributed by atoms with Gasteiger partial charge in [0.05, 0.1) is 25.6 Å². The molecule has 6 rings (SSSR count). The lowest BCUT2D eigenvalue weighted by molar-refractivity contribution is -0.189. The van der Waals surface area contributed by atoms with E-state index < -0.39 is 90.2 Å². The SMILES string of the molecule is CN1CCN(c2cn(C3C(O)[C@@H](CO)OC(S[C@@H]4OC(CO)[C@H](O)[C@H](n5cc(-c6cc(F)c(F)c(F)c6)nn5)C4O)[C@@H]3O)nn2)CC1. The lowest BCUT2D eigenvalue weighted by Crippen LogP contribution is -2.58. The number of piperazine rings is 1. The van der Waals surface area contributed by atoms with Crippen LogP contribution < -0.4 is 4.90 Å². The Morgan fingerprint density at radius 1 is 0.766 bits per heavy atom. The number of ether oxygens (including phenoxy) is 2. The Morgan fingerprint density at radius 3 is 1.81 bits per heavy atom. The maximum Gasteiger partial charge on any atom is 0.194 e. The van der Waals surface area contributed by atoms with Crippen LogP contribution in [0.3, 0.4) is 0 Å². The van der Waals surface area contributed by atoms with Crippen LogP contribution in [-0.2, 0) is 9.47 Å². The molecule has 258 valence electrons. The molecule has 0 bridgehead atoms. The standard InChI is InChI=1S/C27H35F3N8O8S/c1-35-2-4-36(5-3-35)18-9-38(34-32-18)21-23(42)17(11-40)46-27(25(21)44)47-26-24(43)20(22(41)16(10-39)45-26)37-8-15(31-33-37)12-6-13(28)19(30)14(29)7-12/h6-9,16-17,20-27,39-44H,2-5,10-11H2,1H3/t16?,17-,20+,21?,22+,23?,24?,25-,26+,27?/m1/s1. The summed E-state index contributed by atoms with van der Waals surface area (Å²) in [6.45, 7) is 1.71. The zero-order chi connectivity index (χ0) is 33.6. The molecular weight excluding hydrogens is 653 g/mol. The Hall–Kier alpha value is -2.92. The maximum atomic E-state index is 13.9. The Balaban J connectivity index is 1.23. The van der Waals surface area contributed by atoms with E-state index in [2.05, 4.69) is 25.5 Å². The normalized spacial score (nSPS) is 33.8. The van der Waals surface area contributed by atoms with E-state index in [0.717, 1.165) is 29.5 Å². The molecule has 10 atom stereocenters. The molecule has 20 heteroatoms. The first kappa shape index (κ1) is 34.0. The fourth-order valence-corrected chi connectivity index (χ4v) is 7.29. The van der Waals surface area contributed by atoms with Gasteiger partial charge in [0.25, 0.3) is 0 Å². The summed E-state index contributed by atoms with van der Waals surface area (Å²) in [7, 11) is 2.01. The topological polar surface area (TPSA) is 208 Å². The van der Waals surface area contributed by atoms with Crippen LogP contribution in [-0.4, -0.2) is 159 Å². The van der Waals surface area contributed by atoms with Crippen molar-refractivity contribution in [3.63, 3.8) is 0 Å². The lowest BCUT2D eigenvalue weighted by Gasteiger charge is -2.46. The highest BCUT2D eigenvalue weighted by atomic mass is 32.2. The first-order valence-corrected chi connectivity index (χ1v) is 15.8. The summed E-state index contributed by atoms with van der Waals surface area (Å²) in [4.78, 5) is 4.19. The average Bonchev–Trinajstić information content (AvgIpc) is 3.74. The first-order valence-electron chi connectivity index (χ1n) is 14.8. The Morgan fingerprint density at radius 2 is 1.28 bits per heavy atom. The summed E-state index contributed by atoms with van der Waals surface area (Å²) < 4.78 is 55.1. The van der Waals surface area contributed by atoms with Gasteiger partial charge in [-0.15, -0.1) is 10.2 Å². The number of aliphatic hydroxyl groups excluding tert-OH is 6. The van der Waals surface area contributed by atoms with Crippen molar-refractivity contribution < 1.29 is 53.3 Å². The zero-order valence-electron chi connectivity index (χ0n) is 24.9. The third-order valence-corrected chi connectivity index (χ3v) is 10.0. The van der Waals surface area contributed by atoms with Gasteiger partial charge >= 0.3 is 0 Å². The highest BCUT2D eigenvalue weighted by Crippen LogP contribution is 2.42. The van der Waals surface area contributed by atoms with Crippen LogP contribution in [0.15, 0.2) is 24.5 Å². The van der Waals surface area contributed by atoms with E-state index in [1.165, 1.54) is 10.9 Å². The number of anilines is 1. The molecule has 0 radical (unpaired) electrons. The third-order valence-electron chi connectivity index (χ3n) is 8.69. The van der Waals surface area contributed by atoms with Gasteiger partial charge in [-0.05, 0) is 19.2 Å². The zero-order valence-corrected chi connectivity index (χ0v) is 25.8. The number of hydrogen-bond acceptors (Lipinski definition) is 15. The minimum atomic E-state index is -1.66. The van der Waals surface area contributed by atoms with Crippen molar-refractivity contribution in [1.29, 1.82) is 0 Å². The van der Waals surface area contributed by atoms with Crippen LogP contribution in [0.25, 0.3) is 11.3 Å². The molecule has 3 aliphatic heterocycles. The second kappa shape index (κ2) is 13.9. The van der Waals surface area contributed by atoms with Gasteiger partial charge in [0.1, 0.15) is 65.3 Å². The van der Waals surface area contributed by atoms with Crippen molar-refractivity contribution in [2.45, 2.75) is 59.6 Å². The van der Waals surface area contributed by atoms with E-state index in [1.807, 2.05) is 11.9 Å². The molecule has 0 saturated carbocycles. The number of aromatic nitrogens is 6. The van der Waals surface area contributed by atoms with Crippen molar-refractivity contribution >= 4 is 17.6 Å². The number of likely N-dealkylation sites (N-methyl/N-ethyl adjacent to an activating group) is 1. The summed E-state index contributed by atoms with van der Waals surface area (Å²) in [5, 5.41) is 80.9. The van der Waals surface area contributed by atoms with E-state index >= 15 is 0 Å². The van der Waals surface area contributed by atoms with Gasteiger partial charge in [-0.1, -0.05) is 22.2 Å². The predicted molar refractivity (Wildman–Crippen MR) is 156 cm³/mol. The molecule has 5 unspecified atom stereocenters. The molecule has 3 aliphatic rings. The van der Waals surface area contributed by atoms with Gasteiger partial charge in [0.15, 0.2) is 23.3 Å². The number of benzene rings is 1. The lowest BCUT2D eigenvalue weighted by atomic mass is 9.97. The molecule has 47 heavy (non-hydrogen) atoms. The van der Waals surface area contributed by atoms with Crippen LogP contribution in [0.2, 0.25) is 0 Å². The number of nitrogens with zero attached hydrogens (tertiary/aromatic N) is 8. The summed E-state index contributed by atoms with van der Waals surface area (Å²) >= 11 is 0.772. The van der Waals surface area contributed by atoms with E-state index in [-0.39, 0.29) is 11.3 Å². The Bertz CT molecular complexity index is 1510. The molecule has 1 aromatic carbocycles. The molecule has 0 amide bonds. The van der Waals surface area contributed by atoms with Crippen molar-refractivity contribution in [3.05, 3.63) is 42.0 Å². The quantitative estimate of drug-likeness (QED) is 0.143. The Kier molecular flexibility index (Phi) is 10.0. The molecule has 2 aromatic heterocycles. The van der Waals surface area contributed by atoms with Crippen molar-refractivity contribution in [2.75, 3.05) is 51.3 Å². The smallest absolute Gasteiger partial charge is 0.194 e. The van der Waals surface area contributed by atoms with E-state index in [0.29, 0.717) is 31.0 Å². The first-order chi connectivity index (χ1) is 22.5. The molecule has 6 N–H and O–H groups in total. The summed E-state index contributed by atoms with van der Waals surface area (Å²) in [5.74, 6) is -4.02. The highest BCUT2D eigenvalue weighted by molar-refractivity contribution is 8.00. The van der Waals surface area contributed by atoms with E-state index in [4.69, 9.17) is 9.47 Å². The molecule has 3 fully saturated rings. The van der Waals surface area contributed by atoms with Gasteiger partial charge < -0.3 is 49.9 Å². The van der Waals surface area contributed by atoms with Crippen molar-refractivity contribution in [2.24, 2.45) is 0 Å². The second-order valence-electron chi connectivity index (χ2n) is 11.7. The second-order valence-corrected chi connectivity index (χ2v) is 12.9. The summed E-state index contributed by atoms with van der Waals surface area (Å²) in [5.41, 5.74) is -2.78.